The standard InChI is InChI=1S/C13H21.C5H5.2ClH.Zr/c1-5-10-9-11(6-2)13(8-4)12(10)7-3;1-2-4-5-3-1;;;/h10H,5-8H2,1-4H3;1-3H,4H2;2*1H;/q;;;;+2/p-2. The van der Waals surface area contributed by atoms with E-state index in [1.165, 1.54) is 32.1 Å². The fourth-order valence-electron chi connectivity index (χ4n) is 3.58. The Hall–Kier alpha value is 0.423. The molecule has 3 heteroatoms. The summed E-state index contributed by atoms with van der Waals surface area (Å²) in [6.45, 7) is 9.44. The molecule has 0 fully saturated rings. The molecule has 0 aromatic heterocycles. The summed E-state index contributed by atoms with van der Waals surface area (Å²) in [4.78, 5) is 0. The van der Waals surface area contributed by atoms with E-state index in [4.69, 9.17) is 0 Å². The fourth-order valence-corrected chi connectivity index (χ4v) is 7.95. The van der Waals surface area contributed by atoms with Crippen molar-refractivity contribution in [2.75, 3.05) is 0 Å². The zero-order valence-corrected chi connectivity index (χ0v) is 17.6. The van der Waals surface area contributed by atoms with E-state index in [2.05, 4.69) is 45.9 Å². The molecule has 0 saturated carbocycles. The minimum atomic E-state index is -0.514. The monoisotopic (exact) mass is 402 g/mol. The molecule has 0 spiro atoms. The van der Waals surface area contributed by atoms with Crippen molar-refractivity contribution in [1.29, 1.82) is 0 Å². The molecule has 0 aliphatic heterocycles. The van der Waals surface area contributed by atoms with Crippen LogP contribution in [0.3, 0.4) is 0 Å². The van der Waals surface area contributed by atoms with Crippen LogP contribution in [0.1, 0.15) is 59.8 Å². The van der Waals surface area contributed by atoms with E-state index in [9.17, 15) is 0 Å². The van der Waals surface area contributed by atoms with Gasteiger partial charge in [0.15, 0.2) is 0 Å². The molecule has 21 heavy (non-hydrogen) atoms. The molecule has 0 saturated heterocycles. The van der Waals surface area contributed by atoms with Crippen LogP contribution in [0.15, 0.2) is 41.5 Å². The average Bonchev–Trinajstić information content (AvgIpc) is 3.03. The van der Waals surface area contributed by atoms with Gasteiger partial charge in [0, 0.05) is 0 Å². The average molecular weight is 405 g/mol. The van der Waals surface area contributed by atoms with Crippen LogP contribution >= 0.6 is 0 Å². The van der Waals surface area contributed by atoms with Gasteiger partial charge in [0.2, 0.25) is 0 Å². The Balaban J connectivity index is 0.00000200. The normalized spacial score (nSPS) is 20.2. The maximum Gasteiger partial charge on any atom is -1.00 e. The minimum absolute atomic E-state index is 0. The number of allylic oxidation sites excluding steroid dienone is 8. The number of hydrogen-bond donors (Lipinski definition) is 0. The van der Waals surface area contributed by atoms with Crippen LogP contribution < -0.4 is 24.8 Å². The van der Waals surface area contributed by atoms with Crippen molar-refractivity contribution in [3.63, 3.8) is 0 Å². The van der Waals surface area contributed by atoms with Gasteiger partial charge >= 0.3 is 130 Å². The van der Waals surface area contributed by atoms with E-state index in [1.807, 2.05) is 3.28 Å². The number of halogens is 2. The van der Waals surface area contributed by atoms with Gasteiger partial charge in [-0.25, -0.2) is 0 Å². The first-order valence-electron chi connectivity index (χ1n) is 7.84. The maximum atomic E-state index is 2.40. The molecule has 0 radical (unpaired) electrons. The molecule has 0 amide bonds. The molecule has 1 unspecified atom stereocenters. The van der Waals surface area contributed by atoms with E-state index in [0.29, 0.717) is 0 Å². The van der Waals surface area contributed by atoms with Crippen LogP contribution in [-0.4, -0.2) is 0 Å². The van der Waals surface area contributed by atoms with E-state index < -0.39 is 23.2 Å². The molecule has 0 heterocycles. The van der Waals surface area contributed by atoms with Crippen molar-refractivity contribution in [2.24, 2.45) is 5.92 Å². The van der Waals surface area contributed by atoms with Crippen molar-refractivity contribution in [3.8, 4) is 0 Å². The molecule has 2 rings (SSSR count). The first-order chi connectivity index (χ1) is 9.26. The van der Waals surface area contributed by atoms with Crippen molar-refractivity contribution in [2.45, 2.75) is 59.8 Å². The third kappa shape index (κ3) is 4.46. The van der Waals surface area contributed by atoms with Gasteiger partial charge in [-0.2, -0.15) is 0 Å². The Labute approximate surface area is 154 Å². The Morgan fingerprint density at radius 3 is 2.10 bits per heavy atom. The quantitative estimate of drug-likeness (QED) is 0.573. The summed E-state index contributed by atoms with van der Waals surface area (Å²) in [5, 5.41) is 0. The van der Waals surface area contributed by atoms with Gasteiger partial charge in [0.1, 0.15) is 0 Å². The number of hydrogen-bond acceptors (Lipinski definition) is 0. The predicted octanol–water partition coefficient (Wildman–Crippen LogP) is -0.259. The molecular formula is C18H26Cl2Zr. The largest absolute Gasteiger partial charge is 1.00 e. The minimum Gasteiger partial charge on any atom is -1.00 e. The van der Waals surface area contributed by atoms with Crippen molar-refractivity contribution >= 4 is 0 Å². The van der Waals surface area contributed by atoms with Crippen LogP contribution in [0.4, 0.5) is 0 Å². The van der Waals surface area contributed by atoms with Crippen molar-refractivity contribution in [1.82, 2.24) is 0 Å². The van der Waals surface area contributed by atoms with E-state index in [0.717, 1.165) is 5.92 Å². The van der Waals surface area contributed by atoms with Crippen LogP contribution in [-0.2, 0) is 23.2 Å². The first-order valence-corrected chi connectivity index (χ1v) is 10.3. The molecular weight excluding hydrogens is 378 g/mol. The van der Waals surface area contributed by atoms with Crippen LogP contribution in [0, 0.1) is 5.92 Å². The molecule has 2 aliphatic carbocycles. The van der Waals surface area contributed by atoms with Gasteiger partial charge in [-0.1, -0.05) is 0 Å². The molecule has 2 aliphatic rings. The maximum absolute atomic E-state index is 2.40. The smallest absolute Gasteiger partial charge is 1.00 e. The summed E-state index contributed by atoms with van der Waals surface area (Å²) in [5.74, 6) is 0.808. The zero-order chi connectivity index (χ0) is 13.8. The van der Waals surface area contributed by atoms with Crippen LogP contribution in [0.25, 0.3) is 0 Å². The SMILES string of the molecule is CCC1=C(CC)C(CC)[C]([Zr+2][C]2=CC=CC2)=C1CC.[Cl-].[Cl-]. The second-order valence-electron chi connectivity index (χ2n) is 5.37. The topological polar surface area (TPSA) is 0 Å². The summed E-state index contributed by atoms with van der Waals surface area (Å²) >= 11 is -0.514. The van der Waals surface area contributed by atoms with Gasteiger partial charge in [-0.15, -0.1) is 0 Å². The van der Waals surface area contributed by atoms with Gasteiger partial charge in [-0.3, -0.25) is 0 Å². The van der Waals surface area contributed by atoms with E-state index in [-0.39, 0.29) is 24.8 Å². The number of rotatable bonds is 6. The molecule has 116 valence electrons. The Kier molecular flexibility index (Phi) is 10.5. The summed E-state index contributed by atoms with van der Waals surface area (Å²) < 4.78 is 3.69. The van der Waals surface area contributed by atoms with Crippen LogP contribution in [0.2, 0.25) is 0 Å². The molecule has 0 nitrogen and oxygen atoms in total. The summed E-state index contributed by atoms with van der Waals surface area (Å²) in [6.07, 6.45) is 13.3. The predicted molar refractivity (Wildman–Crippen MR) is 80.5 cm³/mol. The third-order valence-corrected chi connectivity index (χ3v) is 8.37. The second-order valence-corrected chi connectivity index (χ2v) is 8.88. The Bertz CT molecular complexity index is 470. The molecule has 0 N–H and O–H groups in total. The van der Waals surface area contributed by atoms with Crippen LogP contribution in [0.5, 0.6) is 0 Å². The third-order valence-electron chi connectivity index (χ3n) is 4.41. The van der Waals surface area contributed by atoms with Gasteiger partial charge in [0.25, 0.3) is 0 Å². The van der Waals surface area contributed by atoms with E-state index in [1.54, 1.807) is 20.0 Å². The Morgan fingerprint density at radius 1 is 1.00 bits per heavy atom. The molecule has 1 atom stereocenters. The van der Waals surface area contributed by atoms with Gasteiger partial charge in [0.05, 0.1) is 0 Å². The zero-order valence-electron chi connectivity index (χ0n) is 13.6. The van der Waals surface area contributed by atoms with E-state index >= 15 is 0 Å². The first kappa shape index (κ1) is 21.4. The summed E-state index contributed by atoms with van der Waals surface area (Å²) in [5.41, 5.74) is 5.29. The Morgan fingerprint density at radius 2 is 1.67 bits per heavy atom. The van der Waals surface area contributed by atoms with Crippen molar-refractivity contribution < 1.29 is 48.0 Å². The molecule has 0 aromatic rings. The van der Waals surface area contributed by atoms with Gasteiger partial charge < -0.3 is 24.8 Å². The molecule has 0 bridgehead atoms. The van der Waals surface area contributed by atoms with Gasteiger partial charge in [-0.05, 0) is 0 Å². The fraction of sp³-hybridized carbons (Fsp3) is 0.556. The molecule has 0 aromatic carbocycles. The summed E-state index contributed by atoms with van der Waals surface area (Å²) in [6, 6.07) is 0. The summed E-state index contributed by atoms with van der Waals surface area (Å²) in [7, 11) is 0. The van der Waals surface area contributed by atoms with Crippen molar-refractivity contribution in [3.05, 3.63) is 41.5 Å². The second kappa shape index (κ2) is 10.2.